The van der Waals surface area contributed by atoms with Gasteiger partial charge in [0.2, 0.25) is 5.91 Å². The molecule has 0 radical (unpaired) electrons. The Morgan fingerprint density at radius 3 is 2.81 bits per heavy atom. The SMILES string of the molecule is CCC(=O)CCCCC[C@H](NC(=O)[C@@H]1CC12CCN(C)CC2)c1ncc(-c2ccc3ncccc3c2)[nH]1. The molecule has 3 heterocycles. The number of amides is 1. The summed E-state index contributed by atoms with van der Waals surface area (Å²) in [5.41, 5.74) is 3.15. The number of ketones is 1. The van der Waals surface area contributed by atoms with Crippen molar-refractivity contribution < 1.29 is 9.59 Å². The average molecular weight is 502 g/mol. The van der Waals surface area contributed by atoms with Crippen molar-refractivity contribution in [3.8, 4) is 11.3 Å². The molecule has 7 heteroatoms. The van der Waals surface area contributed by atoms with Gasteiger partial charge in [0.25, 0.3) is 0 Å². The van der Waals surface area contributed by atoms with Crippen molar-refractivity contribution in [2.75, 3.05) is 20.1 Å². The molecule has 1 aliphatic carbocycles. The molecule has 1 aromatic carbocycles. The maximum atomic E-state index is 13.4. The van der Waals surface area contributed by atoms with Crippen LogP contribution in [0.3, 0.4) is 0 Å². The molecule has 37 heavy (non-hydrogen) atoms. The Labute approximate surface area is 219 Å². The lowest BCUT2D eigenvalue weighted by molar-refractivity contribution is -0.124. The van der Waals surface area contributed by atoms with E-state index in [4.69, 9.17) is 4.98 Å². The number of H-pyrrole nitrogens is 1. The average Bonchev–Trinajstić information content (AvgIpc) is 3.40. The number of carbonyl (C=O) groups excluding carboxylic acids is 2. The molecule has 2 aliphatic rings. The fraction of sp³-hybridized carbons (Fsp3) is 0.533. The first-order valence-corrected chi connectivity index (χ1v) is 13.9. The summed E-state index contributed by atoms with van der Waals surface area (Å²) in [5.74, 6) is 1.42. The number of benzene rings is 1. The molecule has 0 unspecified atom stereocenters. The van der Waals surface area contributed by atoms with Gasteiger partial charge >= 0.3 is 0 Å². The summed E-state index contributed by atoms with van der Waals surface area (Å²) < 4.78 is 0. The van der Waals surface area contributed by atoms with E-state index in [0.29, 0.717) is 18.6 Å². The van der Waals surface area contributed by atoms with E-state index in [-0.39, 0.29) is 23.3 Å². The van der Waals surface area contributed by atoms with Crippen LogP contribution in [0.2, 0.25) is 0 Å². The summed E-state index contributed by atoms with van der Waals surface area (Å²) in [5, 5.41) is 4.44. The molecule has 3 aromatic rings. The zero-order valence-corrected chi connectivity index (χ0v) is 22.1. The van der Waals surface area contributed by atoms with Gasteiger partial charge in [-0.3, -0.25) is 14.6 Å². The molecule has 5 rings (SSSR count). The number of aromatic amines is 1. The molecular formula is C30H39N5O2. The number of hydrogen-bond donors (Lipinski definition) is 2. The molecule has 2 N–H and O–H groups in total. The number of pyridine rings is 1. The van der Waals surface area contributed by atoms with Crippen LogP contribution in [0.4, 0.5) is 0 Å². The van der Waals surface area contributed by atoms with Gasteiger partial charge in [0.1, 0.15) is 11.6 Å². The zero-order valence-electron chi connectivity index (χ0n) is 22.1. The van der Waals surface area contributed by atoms with Crippen LogP contribution >= 0.6 is 0 Å². The molecular weight excluding hydrogens is 462 g/mol. The van der Waals surface area contributed by atoms with Gasteiger partial charge in [-0.15, -0.1) is 0 Å². The van der Waals surface area contributed by atoms with Crippen molar-refractivity contribution in [1.29, 1.82) is 0 Å². The van der Waals surface area contributed by atoms with Crippen molar-refractivity contribution >= 4 is 22.6 Å². The highest BCUT2D eigenvalue weighted by Crippen LogP contribution is 2.59. The van der Waals surface area contributed by atoms with Crippen LogP contribution in [0.5, 0.6) is 0 Å². The van der Waals surface area contributed by atoms with Crippen LogP contribution in [0.1, 0.15) is 76.6 Å². The first-order chi connectivity index (χ1) is 18.0. The van der Waals surface area contributed by atoms with E-state index in [1.54, 1.807) is 6.20 Å². The number of unbranched alkanes of at least 4 members (excludes halogenated alkanes) is 2. The summed E-state index contributed by atoms with van der Waals surface area (Å²) in [6.45, 7) is 4.07. The van der Waals surface area contributed by atoms with Crippen LogP contribution < -0.4 is 5.32 Å². The molecule has 7 nitrogen and oxygen atoms in total. The van der Waals surface area contributed by atoms with E-state index in [2.05, 4.69) is 45.4 Å². The van der Waals surface area contributed by atoms with Crippen LogP contribution in [-0.4, -0.2) is 51.7 Å². The highest BCUT2D eigenvalue weighted by molar-refractivity contribution is 5.84. The minimum atomic E-state index is -0.158. The normalized spacial score (nSPS) is 19.7. The zero-order chi connectivity index (χ0) is 25.8. The van der Waals surface area contributed by atoms with Gasteiger partial charge in [0.05, 0.1) is 23.4 Å². The Bertz CT molecular complexity index is 1240. The lowest BCUT2D eigenvalue weighted by atomic mass is 9.91. The first kappa shape index (κ1) is 25.6. The number of aromatic nitrogens is 3. The topological polar surface area (TPSA) is 91.0 Å². The Hall–Kier alpha value is -3.06. The van der Waals surface area contributed by atoms with Crippen molar-refractivity contribution in [3.63, 3.8) is 0 Å². The van der Waals surface area contributed by atoms with E-state index in [1.165, 1.54) is 0 Å². The van der Waals surface area contributed by atoms with Gasteiger partial charge in [-0.25, -0.2) is 4.98 Å². The predicted octanol–water partition coefficient (Wildman–Crippen LogP) is 5.44. The number of likely N-dealkylation sites (tertiary alicyclic amines) is 1. The molecule has 196 valence electrons. The third-order valence-electron chi connectivity index (χ3n) is 8.49. The van der Waals surface area contributed by atoms with Crippen LogP contribution in [-0.2, 0) is 9.59 Å². The number of carbonyl (C=O) groups is 2. The predicted molar refractivity (Wildman–Crippen MR) is 146 cm³/mol. The number of rotatable bonds is 11. The number of Topliss-reactive ketones (excluding diaryl/α,β-unsaturated/α-hetero) is 1. The molecule has 1 spiro atoms. The van der Waals surface area contributed by atoms with Crippen LogP contribution in [0.15, 0.2) is 42.7 Å². The Morgan fingerprint density at radius 1 is 1.16 bits per heavy atom. The fourth-order valence-corrected chi connectivity index (χ4v) is 5.81. The molecule has 2 atom stereocenters. The third kappa shape index (κ3) is 5.93. The van der Waals surface area contributed by atoms with Crippen molar-refractivity contribution in [2.24, 2.45) is 11.3 Å². The van der Waals surface area contributed by atoms with Gasteiger partial charge in [0.15, 0.2) is 0 Å². The second-order valence-corrected chi connectivity index (χ2v) is 11.1. The minimum absolute atomic E-state index is 0.119. The van der Waals surface area contributed by atoms with Gasteiger partial charge in [-0.05, 0) is 75.9 Å². The number of nitrogens with zero attached hydrogens (tertiary/aromatic N) is 3. The van der Waals surface area contributed by atoms with E-state index in [1.807, 2.05) is 25.3 Å². The highest BCUT2D eigenvalue weighted by Gasteiger charge is 2.58. The van der Waals surface area contributed by atoms with Crippen molar-refractivity contribution in [2.45, 2.75) is 70.8 Å². The van der Waals surface area contributed by atoms with Crippen LogP contribution in [0, 0.1) is 11.3 Å². The Morgan fingerprint density at radius 2 is 2.00 bits per heavy atom. The maximum Gasteiger partial charge on any atom is 0.224 e. The number of nitrogens with one attached hydrogen (secondary N) is 2. The Kier molecular flexibility index (Phi) is 7.70. The standard InChI is InChI=1S/C30H39N5O2/c1-3-23(36)9-5-4-6-10-26(34-29(37)24-19-30(24)13-16-35(2)17-14-30)28-32-20-27(33-28)22-11-12-25-21(18-22)8-7-15-31-25/h7-8,11-12,15,18,20,24,26H,3-6,9-10,13-14,16-17,19H2,1-2H3,(H,32,33)(H,34,37)/t24-,26-/m0/s1. The van der Waals surface area contributed by atoms with Crippen molar-refractivity contribution in [1.82, 2.24) is 25.2 Å². The largest absolute Gasteiger partial charge is 0.346 e. The summed E-state index contributed by atoms with van der Waals surface area (Å²) in [7, 11) is 2.16. The molecule has 1 saturated heterocycles. The molecule has 1 aliphatic heterocycles. The van der Waals surface area contributed by atoms with E-state index < -0.39 is 0 Å². The molecule has 0 bridgehead atoms. The summed E-state index contributed by atoms with van der Waals surface area (Å²) in [6, 6.07) is 10.0. The number of piperidine rings is 1. The van der Waals surface area contributed by atoms with Gasteiger partial charge < -0.3 is 15.2 Å². The maximum absolute atomic E-state index is 13.4. The van der Waals surface area contributed by atoms with E-state index >= 15 is 0 Å². The van der Waals surface area contributed by atoms with Gasteiger partial charge in [-0.1, -0.05) is 31.9 Å². The minimum Gasteiger partial charge on any atom is -0.346 e. The first-order valence-electron chi connectivity index (χ1n) is 13.9. The van der Waals surface area contributed by atoms with E-state index in [0.717, 1.165) is 86.0 Å². The highest BCUT2D eigenvalue weighted by atomic mass is 16.2. The van der Waals surface area contributed by atoms with Crippen molar-refractivity contribution in [3.05, 3.63) is 48.5 Å². The van der Waals surface area contributed by atoms with E-state index in [9.17, 15) is 9.59 Å². The summed E-state index contributed by atoms with van der Waals surface area (Å²) >= 11 is 0. The number of fused-ring (bicyclic) bond motifs is 1. The summed E-state index contributed by atoms with van der Waals surface area (Å²) in [4.78, 5) is 40.0. The number of imidazole rings is 1. The second kappa shape index (κ2) is 11.1. The molecule has 1 saturated carbocycles. The smallest absolute Gasteiger partial charge is 0.224 e. The third-order valence-corrected chi connectivity index (χ3v) is 8.49. The molecule has 2 fully saturated rings. The van der Waals surface area contributed by atoms with Gasteiger partial charge in [-0.2, -0.15) is 0 Å². The lowest BCUT2D eigenvalue weighted by Crippen LogP contribution is -2.36. The monoisotopic (exact) mass is 501 g/mol. The lowest BCUT2D eigenvalue weighted by Gasteiger charge is -2.30. The quantitative estimate of drug-likeness (QED) is 0.341. The van der Waals surface area contributed by atoms with Gasteiger partial charge in [0, 0.05) is 35.9 Å². The second-order valence-electron chi connectivity index (χ2n) is 11.1. The number of hydrogen-bond acceptors (Lipinski definition) is 5. The molecule has 2 aromatic heterocycles. The Balaban J connectivity index is 1.27. The van der Waals surface area contributed by atoms with Crippen LogP contribution in [0.25, 0.3) is 22.2 Å². The molecule has 1 amide bonds. The fourth-order valence-electron chi connectivity index (χ4n) is 5.81. The summed E-state index contributed by atoms with van der Waals surface area (Å²) in [6.07, 6.45) is 11.8.